The van der Waals surface area contributed by atoms with Gasteiger partial charge in [-0.1, -0.05) is 20.3 Å². The van der Waals surface area contributed by atoms with E-state index in [1.807, 2.05) is 32.0 Å². The Kier molecular flexibility index (Phi) is 5.67. The van der Waals surface area contributed by atoms with Gasteiger partial charge < -0.3 is 14.7 Å². The molecule has 4 nitrogen and oxygen atoms in total. The van der Waals surface area contributed by atoms with Crippen LogP contribution in [0, 0.1) is 0 Å². The third-order valence-electron chi connectivity index (χ3n) is 3.05. The molecule has 0 atom stereocenters. The van der Waals surface area contributed by atoms with Crippen molar-refractivity contribution in [3.8, 4) is 5.75 Å². The first-order valence-electron chi connectivity index (χ1n) is 6.72. The summed E-state index contributed by atoms with van der Waals surface area (Å²) in [6, 6.07) is 3.47. The number of carboxylic acid groups (broad SMARTS) is 1. The van der Waals surface area contributed by atoms with Crippen LogP contribution in [0.4, 0.5) is 5.69 Å². The third kappa shape index (κ3) is 3.63. The molecule has 1 aromatic rings. The van der Waals surface area contributed by atoms with Crippen LogP contribution < -0.4 is 9.64 Å². The molecule has 0 heterocycles. The van der Waals surface area contributed by atoms with Crippen LogP contribution in [-0.2, 0) is 6.42 Å². The lowest BCUT2D eigenvalue weighted by molar-refractivity contribution is 0.0695. The van der Waals surface area contributed by atoms with Crippen molar-refractivity contribution in [1.82, 2.24) is 0 Å². The number of ether oxygens (including phenoxy) is 1. The fourth-order valence-electron chi connectivity index (χ4n) is 2.00. The molecular weight excluding hydrogens is 242 g/mol. The van der Waals surface area contributed by atoms with Crippen molar-refractivity contribution in [3.05, 3.63) is 23.3 Å². The standard InChI is InChI=1S/C15H23NO3/c1-5-7-10-19-14-11(6-2)12(15(17)18)8-9-13(14)16(3)4/h8-9H,5-7,10H2,1-4H3,(H,17,18). The number of nitrogens with zero attached hydrogens (tertiary/aromatic N) is 1. The zero-order chi connectivity index (χ0) is 14.4. The summed E-state index contributed by atoms with van der Waals surface area (Å²) in [6.07, 6.45) is 2.66. The average Bonchev–Trinajstić information content (AvgIpc) is 2.37. The van der Waals surface area contributed by atoms with Crippen molar-refractivity contribution in [3.63, 3.8) is 0 Å². The molecule has 0 amide bonds. The Balaban J connectivity index is 3.24. The Labute approximate surface area is 115 Å². The lowest BCUT2D eigenvalue weighted by atomic mass is 10.0. The van der Waals surface area contributed by atoms with Gasteiger partial charge in [0.25, 0.3) is 0 Å². The second-order valence-electron chi connectivity index (χ2n) is 4.70. The molecule has 1 N–H and O–H groups in total. The van der Waals surface area contributed by atoms with Crippen LogP contribution in [0.2, 0.25) is 0 Å². The molecule has 19 heavy (non-hydrogen) atoms. The van der Waals surface area contributed by atoms with E-state index in [-0.39, 0.29) is 0 Å². The van der Waals surface area contributed by atoms with Gasteiger partial charge >= 0.3 is 5.97 Å². The second kappa shape index (κ2) is 7.02. The Morgan fingerprint density at radius 3 is 2.47 bits per heavy atom. The van der Waals surface area contributed by atoms with E-state index < -0.39 is 5.97 Å². The van der Waals surface area contributed by atoms with Crippen LogP contribution in [0.1, 0.15) is 42.6 Å². The Bertz CT molecular complexity index is 441. The molecule has 106 valence electrons. The predicted octanol–water partition coefficient (Wildman–Crippen LogP) is 3.19. The SMILES string of the molecule is CCCCOc1c(N(C)C)ccc(C(=O)O)c1CC. The Morgan fingerprint density at radius 2 is 2.00 bits per heavy atom. The number of rotatable bonds is 7. The number of carbonyl (C=O) groups is 1. The Morgan fingerprint density at radius 1 is 1.32 bits per heavy atom. The maximum absolute atomic E-state index is 11.3. The summed E-state index contributed by atoms with van der Waals surface area (Å²) in [6.45, 7) is 4.67. The maximum Gasteiger partial charge on any atom is 0.336 e. The molecule has 0 aromatic heterocycles. The Hall–Kier alpha value is -1.71. The van der Waals surface area contributed by atoms with Crippen LogP contribution in [-0.4, -0.2) is 31.8 Å². The molecule has 0 bridgehead atoms. The van der Waals surface area contributed by atoms with E-state index in [4.69, 9.17) is 4.74 Å². The third-order valence-corrected chi connectivity index (χ3v) is 3.05. The largest absolute Gasteiger partial charge is 0.491 e. The van der Waals surface area contributed by atoms with Gasteiger partial charge in [0.05, 0.1) is 17.9 Å². The normalized spacial score (nSPS) is 10.3. The molecular formula is C15H23NO3. The molecule has 0 spiro atoms. The van der Waals surface area contributed by atoms with Crippen molar-refractivity contribution in [1.29, 1.82) is 0 Å². The molecule has 0 saturated carbocycles. The van der Waals surface area contributed by atoms with Gasteiger partial charge in [0.2, 0.25) is 0 Å². The van der Waals surface area contributed by atoms with Gasteiger partial charge in [0.15, 0.2) is 0 Å². The molecule has 0 radical (unpaired) electrons. The topological polar surface area (TPSA) is 49.8 Å². The van der Waals surface area contributed by atoms with Crippen LogP contribution in [0.25, 0.3) is 0 Å². The molecule has 1 rings (SSSR count). The zero-order valence-electron chi connectivity index (χ0n) is 12.2. The molecule has 0 fully saturated rings. The van der Waals surface area contributed by atoms with Gasteiger partial charge in [-0.3, -0.25) is 0 Å². The van der Waals surface area contributed by atoms with Crippen molar-refractivity contribution < 1.29 is 14.6 Å². The monoisotopic (exact) mass is 265 g/mol. The molecule has 4 heteroatoms. The fourth-order valence-corrected chi connectivity index (χ4v) is 2.00. The summed E-state index contributed by atoms with van der Waals surface area (Å²) in [7, 11) is 3.86. The van der Waals surface area contributed by atoms with Gasteiger partial charge in [-0.15, -0.1) is 0 Å². The molecule has 0 aliphatic rings. The average molecular weight is 265 g/mol. The molecule has 1 aromatic carbocycles. The number of anilines is 1. The minimum Gasteiger partial charge on any atom is -0.491 e. The van der Waals surface area contributed by atoms with E-state index >= 15 is 0 Å². The molecule has 0 aliphatic carbocycles. The summed E-state index contributed by atoms with van der Waals surface area (Å²) >= 11 is 0. The fraction of sp³-hybridized carbons (Fsp3) is 0.533. The highest BCUT2D eigenvalue weighted by molar-refractivity contribution is 5.91. The van der Waals surface area contributed by atoms with E-state index in [1.165, 1.54) is 0 Å². The highest BCUT2D eigenvalue weighted by Crippen LogP contribution is 2.34. The zero-order valence-corrected chi connectivity index (χ0v) is 12.2. The summed E-state index contributed by atoms with van der Waals surface area (Å²) in [5, 5.41) is 9.25. The second-order valence-corrected chi connectivity index (χ2v) is 4.70. The van der Waals surface area contributed by atoms with Crippen molar-refractivity contribution in [2.24, 2.45) is 0 Å². The number of hydrogen-bond donors (Lipinski definition) is 1. The first kappa shape index (κ1) is 15.3. The number of unbranched alkanes of at least 4 members (excludes halogenated alkanes) is 1. The highest BCUT2D eigenvalue weighted by atomic mass is 16.5. The molecule has 0 saturated heterocycles. The van der Waals surface area contributed by atoms with Crippen LogP contribution >= 0.6 is 0 Å². The summed E-state index contributed by atoms with van der Waals surface area (Å²) < 4.78 is 5.85. The van der Waals surface area contributed by atoms with E-state index in [0.29, 0.717) is 24.3 Å². The summed E-state index contributed by atoms with van der Waals surface area (Å²) in [5.74, 6) is -0.191. The van der Waals surface area contributed by atoms with Crippen molar-refractivity contribution >= 4 is 11.7 Å². The van der Waals surface area contributed by atoms with Gasteiger partial charge in [-0.25, -0.2) is 4.79 Å². The molecule has 0 aliphatic heterocycles. The van der Waals surface area contributed by atoms with Crippen LogP contribution in [0.3, 0.4) is 0 Å². The molecule has 0 unspecified atom stereocenters. The predicted molar refractivity (Wildman–Crippen MR) is 77.5 cm³/mol. The van der Waals surface area contributed by atoms with E-state index in [2.05, 4.69) is 6.92 Å². The van der Waals surface area contributed by atoms with Crippen molar-refractivity contribution in [2.45, 2.75) is 33.1 Å². The smallest absolute Gasteiger partial charge is 0.336 e. The number of carboxylic acids is 1. The van der Waals surface area contributed by atoms with Gasteiger partial charge in [-0.05, 0) is 25.0 Å². The maximum atomic E-state index is 11.3. The first-order valence-corrected chi connectivity index (χ1v) is 6.72. The van der Waals surface area contributed by atoms with Gasteiger partial charge in [0, 0.05) is 19.7 Å². The number of aromatic carboxylic acids is 1. The lowest BCUT2D eigenvalue weighted by Gasteiger charge is -2.21. The first-order chi connectivity index (χ1) is 9.02. The summed E-state index contributed by atoms with van der Waals surface area (Å²) in [5.41, 5.74) is 2.03. The number of hydrogen-bond acceptors (Lipinski definition) is 3. The minimum atomic E-state index is -0.900. The quantitative estimate of drug-likeness (QED) is 0.769. The van der Waals surface area contributed by atoms with E-state index in [1.54, 1.807) is 6.07 Å². The minimum absolute atomic E-state index is 0.333. The van der Waals surface area contributed by atoms with E-state index in [0.717, 1.165) is 24.1 Å². The van der Waals surface area contributed by atoms with Gasteiger partial charge in [-0.2, -0.15) is 0 Å². The van der Waals surface area contributed by atoms with Crippen molar-refractivity contribution in [2.75, 3.05) is 25.6 Å². The number of benzene rings is 1. The van der Waals surface area contributed by atoms with Gasteiger partial charge in [0.1, 0.15) is 5.75 Å². The highest BCUT2D eigenvalue weighted by Gasteiger charge is 2.18. The summed E-state index contributed by atoms with van der Waals surface area (Å²) in [4.78, 5) is 13.2. The van der Waals surface area contributed by atoms with E-state index in [9.17, 15) is 9.90 Å². The lowest BCUT2D eigenvalue weighted by Crippen LogP contribution is -2.14. The van der Waals surface area contributed by atoms with Crippen LogP contribution in [0.5, 0.6) is 5.75 Å². The van der Waals surface area contributed by atoms with Crippen LogP contribution in [0.15, 0.2) is 12.1 Å².